The summed E-state index contributed by atoms with van der Waals surface area (Å²) in [5, 5.41) is 11.6. The molecule has 0 unspecified atom stereocenters. The maximum atomic E-state index is 13.0. The summed E-state index contributed by atoms with van der Waals surface area (Å²) in [5.41, 5.74) is -0.543. The Balaban J connectivity index is 2.06. The molecule has 0 atom stereocenters. The summed E-state index contributed by atoms with van der Waals surface area (Å²) in [5.74, 6) is -0.482. The molecular formula is C17H14F3N3OS. The van der Waals surface area contributed by atoms with Crippen LogP contribution in [0.15, 0.2) is 41.4 Å². The third kappa shape index (κ3) is 5.22. The molecule has 1 aromatic heterocycles. The second-order valence-corrected chi connectivity index (χ2v) is 6.12. The van der Waals surface area contributed by atoms with Crippen LogP contribution < -0.4 is 5.32 Å². The number of carbonyl (C=O) groups is 1. The zero-order valence-electron chi connectivity index (χ0n) is 13.2. The number of hydrogen-bond acceptors (Lipinski definition) is 4. The first-order valence-corrected chi connectivity index (χ1v) is 8.22. The SMILES string of the molecule is Cc1cc(C(F)(F)F)c(C#N)c(SCC(=O)NCc2ccccc2)n1. The minimum absolute atomic E-state index is 0.0929. The van der Waals surface area contributed by atoms with Gasteiger partial charge in [0.2, 0.25) is 5.91 Å². The third-order valence-electron chi connectivity index (χ3n) is 3.20. The number of pyridine rings is 1. The Hall–Kier alpha value is -2.53. The monoisotopic (exact) mass is 365 g/mol. The van der Waals surface area contributed by atoms with Crippen molar-refractivity contribution in [1.82, 2.24) is 10.3 Å². The van der Waals surface area contributed by atoms with E-state index in [9.17, 15) is 18.0 Å². The van der Waals surface area contributed by atoms with Crippen molar-refractivity contribution in [3.63, 3.8) is 0 Å². The lowest BCUT2D eigenvalue weighted by Crippen LogP contribution is -2.24. The second-order valence-electron chi connectivity index (χ2n) is 5.15. The number of carbonyl (C=O) groups excluding carboxylic acids is 1. The molecule has 0 saturated carbocycles. The summed E-state index contributed by atoms with van der Waals surface area (Å²) in [7, 11) is 0. The van der Waals surface area contributed by atoms with Gasteiger partial charge in [-0.15, -0.1) is 0 Å². The van der Waals surface area contributed by atoms with E-state index in [1.807, 2.05) is 30.3 Å². The number of nitriles is 1. The Kier molecular flexibility index (Phi) is 6.04. The molecule has 2 rings (SSSR count). The highest BCUT2D eigenvalue weighted by molar-refractivity contribution is 8.00. The Morgan fingerprint density at radius 3 is 2.60 bits per heavy atom. The molecule has 1 heterocycles. The maximum absolute atomic E-state index is 13.0. The number of nitrogens with one attached hydrogen (secondary N) is 1. The van der Waals surface area contributed by atoms with Crippen LogP contribution in [0.25, 0.3) is 0 Å². The minimum Gasteiger partial charge on any atom is -0.351 e. The van der Waals surface area contributed by atoms with Crippen LogP contribution in [-0.2, 0) is 17.5 Å². The molecule has 130 valence electrons. The second kappa shape index (κ2) is 8.03. The number of aromatic nitrogens is 1. The van der Waals surface area contributed by atoms with E-state index in [1.165, 1.54) is 6.92 Å². The van der Waals surface area contributed by atoms with E-state index in [0.717, 1.165) is 23.4 Å². The molecule has 8 heteroatoms. The molecule has 0 bridgehead atoms. The molecule has 0 aliphatic carbocycles. The topological polar surface area (TPSA) is 65.8 Å². The summed E-state index contributed by atoms with van der Waals surface area (Å²) < 4.78 is 39.1. The highest BCUT2D eigenvalue weighted by Gasteiger charge is 2.35. The molecule has 2 aromatic rings. The predicted octanol–water partition coefficient (Wildman–Crippen LogP) is 3.69. The molecule has 0 fully saturated rings. The number of hydrogen-bond donors (Lipinski definition) is 1. The Morgan fingerprint density at radius 2 is 2.00 bits per heavy atom. The first-order valence-electron chi connectivity index (χ1n) is 7.23. The van der Waals surface area contributed by atoms with Gasteiger partial charge in [-0.3, -0.25) is 4.79 Å². The summed E-state index contributed by atoms with van der Waals surface area (Å²) in [6.45, 7) is 1.73. The molecular weight excluding hydrogens is 351 g/mol. The number of nitrogens with zero attached hydrogens (tertiary/aromatic N) is 2. The van der Waals surface area contributed by atoms with Crippen molar-refractivity contribution in [2.75, 3.05) is 5.75 Å². The van der Waals surface area contributed by atoms with Crippen LogP contribution >= 0.6 is 11.8 Å². The van der Waals surface area contributed by atoms with E-state index < -0.39 is 17.3 Å². The van der Waals surface area contributed by atoms with Gasteiger partial charge >= 0.3 is 6.18 Å². The lowest BCUT2D eigenvalue weighted by molar-refractivity contribution is -0.138. The van der Waals surface area contributed by atoms with Gasteiger partial charge < -0.3 is 5.32 Å². The van der Waals surface area contributed by atoms with Gasteiger partial charge in [0.1, 0.15) is 11.1 Å². The Bertz CT molecular complexity index is 801. The lowest BCUT2D eigenvalue weighted by Gasteiger charge is -2.12. The van der Waals surface area contributed by atoms with E-state index in [4.69, 9.17) is 5.26 Å². The normalized spacial score (nSPS) is 11.0. The van der Waals surface area contributed by atoms with E-state index in [0.29, 0.717) is 6.54 Å². The number of amides is 1. The predicted molar refractivity (Wildman–Crippen MR) is 87.7 cm³/mol. The molecule has 4 nitrogen and oxygen atoms in total. The first-order chi connectivity index (χ1) is 11.8. The van der Waals surface area contributed by atoms with Gasteiger partial charge in [0, 0.05) is 12.2 Å². The van der Waals surface area contributed by atoms with Crippen molar-refractivity contribution in [2.24, 2.45) is 0 Å². The van der Waals surface area contributed by atoms with E-state index >= 15 is 0 Å². The molecule has 0 aliphatic heterocycles. The number of alkyl halides is 3. The van der Waals surface area contributed by atoms with E-state index in [1.54, 1.807) is 6.07 Å². The van der Waals surface area contributed by atoms with Crippen molar-refractivity contribution < 1.29 is 18.0 Å². The van der Waals surface area contributed by atoms with E-state index in [-0.39, 0.29) is 22.4 Å². The molecule has 0 spiro atoms. The van der Waals surface area contributed by atoms with Gasteiger partial charge in [0.25, 0.3) is 0 Å². The fourth-order valence-electron chi connectivity index (χ4n) is 2.06. The van der Waals surface area contributed by atoms with Crippen molar-refractivity contribution in [3.8, 4) is 6.07 Å². The Morgan fingerprint density at radius 1 is 1.32 bits per heavy atom. The fourth-order valence-corrected chi connectivity index (χ4v) is 2.94. The number of rotatable bonds is 5. The van der Waals surface area contributed by atoms with Gasteiger partial charge in [0.15, 0.2) is 0 Å². The van der Waals surface area contributed by atoms with Gasteiger partial charge in [-0.2, -0.15) is 18.4 Å². The van der Waals surface area contributed by atoms with Crippen molar-refractivity contribution in [2.45, 2.75) is 24.7 Å². The minimum atomic E-state index is -4.65. The molecule has 0 radical (unpaired) electrons. The van der Waals surface area contributed by atoms with Crippen LogP contribution in [0.2, 0.25) is 0 Å². The molecule has 1 amide bonds. The molecule has 0 aliphatic rings. The lowest BCUT2D eigenvalue weighted by atomic mass is 10.1. The largest absolute Gasteiger partial charge is 0.417 e. The van der Waals surface area contributed by atoms with Gasteiger partial charge in [-0.05, 0) is 18.6 Å². The van der Waals surface area contributed by atoms with Crippen LogP contribution in [0.5, 0.6) is 0 Å². The van der Waals surface area contributed by atoms with Crippen LogP contribution in [0, 0.1) is 18.3 Å². The van der Waals surface area contributed by atoms with Crippen molar-refractivity contribution in [1.29, 1.82) is 5.26 Å². The standard InChI is InChI=1S/C17H14F3N3OS/c1-11-7-14(17(18,19)20)13(8-21)16(23-11)25-10-15(24)22-9-12-5-3-2-4-6-12/h2-7H,9-10H2,1H3,(H,22,24). The van der Waals surface area contributed by atoms with Gasteiger partial charge in [0.05, 0.1) is 16.9 Å². The van der Waals surface area contributed by atoms with Crippen LogP contribution in [-0.4, -0.2) is 16.6 Å². The fraction of sp³-hybridized carbons (Fsp3) is 0.235. The number of halogens is 3. The van der Waals surface area contributed by atoms with Crippen LogP contribution in [0.4, 0.5) is 13.2 Å². The number of benzene rings is 1. The maximum Gasteiger partial charge on any atom is 0.417 e. The highest BCUT2D eigenvalue weighted by atomic mass is 32.2. The molecule has 1 N–H and O–H groups in total. The Labute approximate surface area is 147 Å². The average Bonchev–Trinajstić information content (AvgIpc) is 2.57. The summed E-state index contributed by atoms with van der Waals surface area (Å²) >= 11 is 0.814. The van der Waals surface area contributed by atoms with Crippen LogP contribution in [0.1, 0.15) is 22.4 Å². The van der Waals surface area contributed by atoms with Gasteiger partial charge in [-0.1, -0.05) is 42.1 Å². The smallest absolute Gasteiger partial charge is 0.351 e. The first kappa shape index (κ1) is 18.8. The van der Waals surface area contributed by atoms with Crippen molar-refractivity contribution in [3.05, 3.63) is 58.8 Å². The highest BCUT2D eigenvalue weighted by Crippen LogP contribution is 2.35. The summed E-state index contributed by atoms with van der Waals surface area (Å²) in [6.07, 6.45) is -4.65. The number of thioether (sulfide) groups is 1. The van der Waals surface area contributed by atoms with E-state index in [2.05, 4.69) is 10.3 Å². The van der Waals surface area contributed by atoms with Crippen molar-refractivity contribution >= 4 is 17.7 Å². The third-order valence-corrected chi connectivity index (χ3v) is 4.18. The summed E-state index contributed by atoms with van der Waals surface area (Å²) in [6, 6.07) is 11.6. The van der Waals surface area contributed by atoms with Crippen LogP contribution in [0.3, 0.4) is 0 Å². The van der Waals surface area contributed by atoms with Gasteiger partial charge in [-0.25, -0.2) is 4.98 Å². The zero-order valence-corrected chi connectivity index (χ0v) is 14.0. The molecule has 0 saturated heterocycles. The summed E-state index contributed by atoms with van der Waals surface area (Å²) in [4.78, 5) is 15.9. The quantitative estimate of drug-likeness (QED) is 0.821. The molecule has 1 aromatic carbocycles. The average molecular weight is 365 g/mol. The number of aryl methyl sites for hydroxylation is 1. The molecule has 25 heavy (non-hydrogen) atoms. The zero-order chi connectivity index (χ0) is 18.4.